The quantitative estimate of drug-likeness (QED) is 0.713. The maximum Gasteiger partial charge on any atom is -0.00148 e. The van der Waals surface area contributed by atoms with E-state index >= 15 is 0 Å². The molecule has 0 amide bonds. The van der Waals surface area contributed by atoms with Gasteiger partial charge in [-0.05, 0) is 61.2 Å². The summed E-state index contributed by atoms with van der Waals surface area (Å²) in [5, 5.41) is 3.59. The lowest BCUT2D eigenvalue weighted by atomic mass is 9.81. The van der Waals surface area contributed by atoms with Crippen LogP contribution in [0.15, 0.2) is 24.3 Å². The third kappa shape index (κ3) is 5.14. The van der Waals surface area contributed by atoms with E-state index in [1.165, 1.54) is 50.6 Å². The summed E-state index contributed by atoms with van der Waals surface area (Å²) in [6.45, 7) is 9.12. The van der Waals surface area contributed by atoms with Crippen LogP contribution >= 0.6 is 0 Å². The maximum atomic E-state index is 3.59. The standard InChI is InChI=1S/C20H33N/c1-4-21-15-19-10-6-5-7-12-20(19)18-11-8-9-17(14-18)13-16(2)3/h8-9,11,14,16,19-21H,4-7,10,12-13,15H2,1-3H3. The van der Waals surface area contributed by atoms with E-state index in [4.69, 9.17) is 0 Å². The Morgan fingerprint density at radius 1 is 1.14 bits per heavy atom. The molecular formula is C20H33N. The van der Waals surface area contributed by atoms with Crippen LogP contribution in [-0.4, -0.2) is 13.1 Å². The summed E-state index contributed by atoms with van der Waals surface area (Å²) < 4.78 is 0. The molecular weight excluding hydrogens is 254 g/mol. The van der Waals surface area contributed by atoms with Gasteiger partial charge in [-0.15, -0.1) is 0 Å². The van der Waals surface area contributed by atoms with Gasteiger partial charge in [0, 0.05) is 0 Å². The smallest absolute Gasteiger partial charge is 0.00148 e. The SMILES string of the molecule is CCNCC1CCCCCC1c1cccc(CC(C)C)c1. The molecule has 21 heavy (non-hydrogen) atoms. The topological polar surface area (TPSA) is 12.0 Å². The van der Waals surface area contributed by atoms with Crippen molar-refractivity contribution in [1.82, 2.24) is 5.32 Å². The zero-order valence-electron chi connectivity index (χ0n) is 14.2. The monoisotopic (exact) mass is 287 g/mol. The summed E-state index contributed by atoms with van der Waals surface area (Å²) in [4.78, 5) is 0. The molecule has 1 aliphatic carbocycles. The van der Waals surface area contributed by atoms with Crippen LogP contribution in [0.25, 0.3) is 0 Å². The average molecular weight is 287 g/mol. The first-order chi connectivity index (χ1) is 10.2. The highest BCUT2D eigenvalue weighted by molar-refractivity contribution is 5.27. The maximum absolute atomic E-state index is 3.59. The Bertz CT molecular complexity index is 410. The zero-order valence-corrected chi connectivity index (χ0v) is 14.2. The summed E-state index contributed by atoms with van der Waals surface area (Å²) in [7, 11) is 0. The summed E-state index contributed by atoms with van der Waals surface area (Å²) >= 11 is 0. The molecule has 1 fully saturated rings. The predicted molar refractivity (Wildman–Crippen MR) is 92.8 cm³/mol. The second-order valence-electron chi connectivity index (χ2n) is 7.16. The molecule has 1 saturated carbocycles. The Kier molecular flexibility index (Phi) is 6.76. The molecule has 0 spiro atoms. The van der Waals surface area contributed by atoms with Gasteiger partial charge in [0.25, 0.3) is 0 Å². The second-order valence-corrected chi connectivity index (χ2v) is 7.16. The first-order valence-corrected chi connectivity index (χ1v) is 9.00. The van der Waals surface area contributed by atoms with Crippen LogP contribution < -0.4 is 5.32 Å². The molecule has 1 aromatic rings. The van der Waals surface area contributed by atoms with E-state index in [2.05, 4.69) is 50.4 Å². The second kappa shape index (κ2) is 8.58. The highest BCUT2D eigenvalue weighted by atomic mass is 14.8. The molecule has 1 nitrogen and oxygen atoms in total. The molecule has 0 saturated heterocycles. The molecule has 1 N–H and O–H groups in total. The van der Waals surface area contributed by atoms with Crippen LogP contribution in [0.2, 0.25) is 0 Å². The van der Waals surface area contributed by atoms with E-state index in [0.717, 1.165) is 24.3 Å². The fraction of sp³-hybridized carbons (Fsp3) is 0.700. The van der Waals surface area contributed by atoms with Crippen LogP contribution in [0.3, 0.4) is 0 Å². The van der Waals surface area contributed by atoms with Gasteiger partial charge in [0.1, 0.15) is 0 Å². The molecule has 2 atom stereocenters. The van der Waals surface area contributed by atoms with E-state index in [1.807, 2.05) is 0 Å². The summed E-state index contributed by atoms with van der Waals surface area (Å²) in [5.74, 6) is 2.33. The van der Waals surface area contributed by atoms with Crippen molar-refractivity contribution >= 4 is 0 Å². The van der Waals surface area contributed by atoms with Crippen molar-refractivity contribution in [2.75, 3.05) is 13.1 Å². The molecule has 0 radical (unpaired) electrons. The molecule has 0 aliphatic heterocycles. The van der Waals surface area contributed by atoms with Crippen molar-refractivity contribution in [3.63, 3.8) is 0 Å². The predicted octanol–water partition coefficient (Wildman–Crippen LogP) is 5.16. The van der Waals surface area contributed by atoms with E-state index in [-0.39, 0.29) is 0 Å². The number of nitrogens with one attached hydrogen (secondary N) is 1. The normalized spacial score (nSPS) is 23.2. The van der Waals surface area contributed by atoms with Crippen LogP contribution in [0.4, 0.5) is 0 Å². The fourth-order valence-corrected chi connectivity index (χ4v) is 3.82. The first kappa shape index (κ1) is 16.5. The van der Waals surface area contributed by atoms with E-state index < -0.39 is 0 Å². The molecule has 2 rings (SSSR count). The Morgan fingerprint density at radius 3 is 2.71 bits per heavy atom. The van der Waals surface area contributed by atoms with E-state index in [0.29, 0.717) is 0 Å². The molecule has 1 heteroatoms. The summed E-state index contributed by atoms with van der Waals surface area (Å²) in [6, 6.07) is 9.45. The molecule has 0 heterocycles. The molecule has 1 aliphatic rings. The highest BCUT2D eigenvalue weighted by Crippen LogP contribution is 2.36. The summed E-state index contributed by atoms with van der Waals surface area (Å²) in [6.07, 6.45) is 8.22. The van der Waals surface area contributed by atoms with Gasteiger partial charge in [0.2, 0.25) is 0 Å². The zero-order chi connectivity index (χ0) is 15.1. The number of hydrogen-bond acceptors (Lipinski definition) is 1. The lowest BCUT2D eigenvalue weighted by Crippen LogP contribution is -2.26. The van der Waals surface area contributed by atoms with E-state index in [9.17, 15) is 0 Å². The lowest BCUT2D eigenvalue weighted by molar-refractivity contribution is 0.378. The summed E-state index contributed by atoms with van der Waals surface area (Å²) in [5.41, 5.74) is 3.12. The molecule has 2 unspecified atom stereocenters. The lowest BCUT2D eigenvalue weighted by Gasteiger charge is -2.26. The first-order valence-electron chi connectivity index (χ1n) is 9.00. The Balaban J connectivity index is 2.14. The van der Waals surface area contributed by atoms with Gasteiger partial charge < -0.3 is 5.32 Å². The van der Waals surface area contributed by atoms with Crippen molar-refractivity contribution in [2.24, 2.45) is 11.8 Å². The Labute approximate surface area is 131 Å². The Hall–Kier alpha value is -0.820. The van der Waals surface area contributed by atoms with Crippen molar-refractivity contribution in [1.29, 1.82) is 0 Å². The van der Waals surface area contributed by atoms with Gasteiger partial charge in [0.15, 0.2) is 0 Å². The van der Waals surface area contributed by atoms with Gasteiger partial charge in [-0.25, -0.2) is 0 Å². The average Bonchev–Trinajstić information content (AvgIpc) is 2.70. The minimum Gasteiger partial charge on any atom is -0.317 e. The molecule has 1 aromatic carbocycles. The largest absolute Gasteiger partial charge is 0.317 e. The molecule has 118 valence electrons. The van der Waals surface area contributed by atoms with E-state index in [1.54, 1.807) is 5.56 Å². The van der Waals surface area contributed by atoms with Crippen LogP contribution in [0.1, 0.15) is 69.9 Å². The van der Waals surface area contributed by atoms with Crippen LogP contribution in [0, 0.1) is 11.8 Å². The molecule has 0 aromatic heterocycles. The minimum absolute atomic E-state index is 0.743. The fourth-order valence-electron chi connectivity index (χ4n) is 3.82. The van der Waals surface area contributed by atoms with Gasteiger partial charge >= 0.3 is 0 Å². The van der Waals surface area contributed by atoms with Crippen LogP contribution in [0.5, 0.6) is 0 Å². The van der Waals surface area contributed by atoms with Crippen molar-refractivity contribution in [2.45, 2.75) is 65.2 Å². The number of rotatable bonds is 6. The minimum atomic E-state index is 0.743. The Morgan fingerprint density at radius 2 is 1.95 bits per heavy atom. The van der Waals surface area contributed by atoms with Crippen molar-refractivity contribution in [3.05, 3.63) is 35.4 Å². The van der Waals surface area contributed by atoms with Crippen molar-refractivity contribution < 1.29 is 0 Å². The number of benzene rings is 1. The molecule has 0 bridgehead atoms. The van der Waals surface area contributed by atoms with Crippen LogP contribution in [-0.2, 0) is 6.42 Å². The van der Waals surface area contributed by atoms with Gasteiger partial charge in [-0.2, -0.15) is 0 Å². The van der Waals surface area contributed by atoms with Crippen molar-refractivity contribution in [3.8, 4) is 0 Å². The van der Waals surface area contributed by atoms with Gasteiger partial charge in [0.05, 0.1) is 0 Å². The van der Waals surface area contributed by atoms with Gasteiger partial charge in [-0.3, -0.25) is 0 Å². The number of hydrogen-bond donors (Lipinski definition) is 1. The third-order valence-corrected chi connectivity index (χ3v) is 4.84. The highest BCUT2D eigenvalue weighted by Gasteiger charge is 2.24. The third-order valence-electron chi connectivity index (χ3n) is 4.84. The van der Waals surface area contributed by atoms with Gasteiger partial charge in [-0.1, -0.05) is 64.3 Å².